The van der Waals surface area contributed by atoms with Gasteiger partial charge in [-0.2, -0.15) is 6.07 Å². The minimum atomic E-state index is -0.253. The summed E-state index contributed by atoms with van der Waals surface area (Å²) in [7, 11) is 0. The first-order valence-corrected chi connectivity index (χ1v) is 5.38. The van der Waals surface area contributed by atoms with Crippen molar-refractivity contribution in [3.8, 4) is 0 Å². The molecule has 5 heteroatoms. The summed E-state index contributed by atoms with van der Waals surface area (Å²) in [6, 6.07) is 4.77. The summed E-state index contributed by atoms with van der Waals surface area (Å²) >= 11 is 0. The summed E-state index contributed by atoms with van der Waals surface area (Å²) in [6.45, 7) is 7.72. The first kappa shape index (κ1) is 16.0. The van der Waals surface area contributed by atoms with E-state index in [0.717, 1.165) is 0 Å². The van der Waals surface area contributed by atoms with Crippen LogP contribution in [0.3, 0.4) is 0 Å². The van der Waals surface area contributed by atoms with Crippen LogP contribution in [0.4, 0.5) is 0 Å². The Morgan fingerprint density at radius 1 is 1.35 bits per heavy atom. The summed E-state index contributed by atoms with van der Waals surface area (Å²) in [5.41, 5.74) is 0.116. The van der Waals surface area contributed by atoms with Gasteiger partial charge in [0.1, 0.15) is 6.20 Å². The van der Waals surface area contributed by atoms with Crippen molar-refractivity contribution in [1.29, 1.82) is 0 Å². The van der Waals surface area contributed by atoms with Crippen molar-refractivity contribution < 1.29 is 28.4 Å². The van der Waals surface area contributed by atoms with E-state index < -0.39 is 0 Å². The van der Waals surface area contributed by atoms with Crippen LogP contribution in [-0.2, 0) is 0 Å². The smallest absolute Gasteiger partial charge is 0.640 e. The van der Waals surface area contributed by atoms with Gasteiger partial charge in [-0.05, 0) is 27.7 Å². The molecule has 1 heterocycles. The maximum atomic E-state index is 12.1. The third-order valence-corrected chi connectivity index (χ3v) is 2.33. The zero-order valence-electron chi connectivity index (χ0n) is 11.1. The largest absolute Gasteiger partial charge is 1.00 e. The molecule has 0 spiro atoms. The van der Waals surface area contributed by atoms with Crippen LogP contribution in [0.1, 0.15) is 38.2 Å². The molecule has 1 aromatic heterocycles. The van der Waals surface area contributed by atoms with E-state index in [1.807, 2.05) is 27.7 Å². The minimum absolute atomic E-state index is 0. The van der Waals surface area contributed by atoms with E-state index in [0.29, 0.717) is 4.73 Å². The van der Waals surface area contributed by atoms with Gasteiger partial charge in [-0.25, -0.2) is 0 Å². The molecule has 0 N–H and O–H groups in total. The molecule has 0 bridgehead atoms. The molecule has 0 saturated carbocycles. The van der Waals surface area contributed by atoms with Crippen LogP contribution in [0.5, 0.6) is 0 Å². The van der Waals surface area contributed by atoms with Crippen LogP contribution in [-0.4, -0.2) is 22.9 Å². The number of aromatic nitrogens is 1. The molecule has 0 aliphatic carbocycles. The molecule has 0 aliphatic rings. The average Bonchev–Trinajstić information content (AvgIpc) is 2.16. The van der Waals surface area contributed by atoms with E-state index in [1.165, 1.54) is 12.1 Å². The Bertz CT molecular complexity index is 373. The van der Waals surface area contributed by atoms with E-state index in [2.05, 4.69) is 6.20 Å². The Hall–Kier alpha value is -0.983. The molecular formula is C12H17LiN2O2. The number of hydrogen-bond donors (Lipinski definition) is 0. The van der Waals surface area contributed by atoms with Crippen LogP contribution in [0.25, 0.3) is 0 Å². The van der Waals surface area contributed by atoms with Crippen molar-refractivity contribution in [3.63, 3.8) is 0 Å². The third-order valence-electron chi connectivity index (χ3n) is 2.33. The SMILES string of the molecule is CC(C)N(C(=O)c1ccc[c-][n+]1[O-])C(C)C.[Li+]. The number of hydrogen-bond acceptors (Lipinski definition) is 2. The molecule has 1 rings (SSSR count). The molecule has 0 aliphatic heterocycles. The second kappa shape index (κ2) is 6.68. The van der Waals surface area contributed by atoms with Gasteiger partial charge >= 0.3 is 18.9 Å². The molecule has 0 fully saturated rings. The molecule has 0 unspecified atom stereocenters. The second-order valence-corrected chi connectivity index (χ2v) is 4.23. The van der Waals surface area contributed by atoms with Gasteiger partial charge in [-0.15, -0.1) is 6.07 Å². The molecule has 0 aromatic carbocycles. The quantitative estimate of drug-likeness (QED) is 0.270. The van der Waals surface area contributed by atoms with Crippen molar-refractivity contribution in [2.45, 2.75) is 39.8 Å². The molecule has 1 amide bonds. The molecule has 1 aromatic rings. The van der Waals surface area contributed by atoms with Crippen molar-refractivity contribution in [3.05, 3.63) is 35.3 Å². The minimum Gasteiger partial charge on any atom is -0.640 e. The maximum Gasteiger partial charge on any atom is 1.00 e. The van der Waals surface area contributed by atoms with Gasteiger partial charge in [0.2, 0.25) is 0 Å². The number of amides is 1. The summed E-state index contributed by atoms with van der Waals surface area (Å²) in [4.78, 5) is 13.8. The van der Waals surface area contributed by atoms with Gasteiger partial charge < -0.3 is 10.1 Å². The molecule has 0 radical (unpaired) electrons. The summed E-state index contributed by atoms with van der Waals surface area (Å²) in [5.74, 6) is -0.253. The molecule has 0 saturated heterocycles. The zero-order chi connectivity index (χ0) is 12.3. The molecule has 88 valence electrons. The predicted octanol–water partition coefficient (Wildman–Crippen LogP) is -1.62. The van der Waals surface area contributed by atoms with Gasteiger partial charge in [0.25, 0.3) is 5.91 Å². The fraction of sp³-hybridized carbons (Fsp3) is 0.500. The van der Waals surface area contributed by atoms with E-state index in [-0.39, 0.29) is 42.5 Å². The van der Waals surface area contributed by atoms with Crippen molar-refractivity contribution in [2.24, 2.45) is 0 Å². The number of nitrogens with zero attached hydrogens (tertiary/aromatic N) is 2. The summed E-state index contributed by atoms with van der Waals surface area (Å²) in [6.07, 6.45) is 2.43. The van der Waals surface area contributed by atoms with Crippen molar-refractivity contribution >= 4 is 5.91 Å². The van der Waals surface area contributed by atoms with Crippen LogP contribution in [0, 0.1) is 11.4 Å². The van der Waals surface area contributed by atoms with E-state index in [4.69, 9.17) is 0 Å². The Kier molecular flexibility index (Phi) is 6.29. The number of carbonyl (C=O) groups is 1. The third kappa shape index (κ3) is 3.76. The molecule has 17 heavy (non-hydrogen) atoms. The monoisotopic (exact) mass is 228 g/mol. The van der Waals surface area contributed by atoms with Gasteiger partial charge in [0.05, 0.1) is 0 Å². The van der Waals surface area contributed by atoms with Crippen LogP contribution in [0.15, 0.2) is 18.2 Å². The predicted molar refractivity (Wildman–Crippen MR) is 60.7 cm³/mol. The van der Waals surface area contributed by atoms with E-state index >= 15 is 0 Å². The zero-order valence-corrected chi connectivity index (χ0v) is 11.1. The molecule has 4 nitrogen and oxygen atoms in total. The fourth-order valence-corrected chi connectivity index (χ4v) is 1.74. The maximum absolute atomic E-state index is 12.1. The fourth-order valence-electron chi connectivity index (χ4n) is 1.74. The standard InChI is InChI=1S/C12H17N2O2.Li/c1-9(2)14(10(3)4)12(15)11-7-5-6-8-13(11)16;/h5-7,9-10H,1-4H3;/q-1;+1. The van der Waals surface area contributed by atoms with Gasteiger partial charge in [0, 0.05) is 12.1 Å². The van der Waals surface area contributed by atoms with Crippen LogP contribution < -0.4 is 23.6 Å². The Morgan fingerprint density at radius 2 is 1.88 bits per heavy atom. The number of pyridine rings is 1. The van der Waals surface area contributed by atoms with Crippen LogP contribution in [0.2, 0.25) is 0 Å². The van der Waals surface area contributed by atoms with Gasteiger partial charge in [0.15, 0.2) is 5.69 Å². The summed E-state index contributed by atoms with van der Waals surface area (Å²) < 4.78 is 0.486. The van der Waals surface area contributed by atoms with E-state index in [1.54, 1.807) is 11.0 Å². The van der Waals surface area contributed by atoms with Crippen molar-refractivity contribution in [1.82, 2.24) is 4.90 Å². The average molecular weight is 228 g/mol. The van der Waals surface area contributed by atoms with Gasteiger partial charge in [-0.1, -0.05) is 6.07 Å². The number of rotatable bonds is 3. The normalized spacial score (nSPS) is 10.2. The summed E-state index contributed by atoms with van der Waals surface area (Å²) in [5, 5.41) is 11.4. The number of carbonyl (C=O) groups excluding carboxylic acids is 1. The van der Waals surface area contributed by atoms with Crippen LogP contribution >= 0.6 is 0 Å². The van der Waals surface area contributed by atoms with Gasteiger partial charge in [-0.3, -0.25) is 9.52 Å². The van der Waals surface area contributed by atoms with Crippen molar-refractivity contribution in [2.75, 3.05) is 0 Å². The second-order valence-electron chi connectivity index (χ2n) is 4.23. The Labute approximate surface area is 114 Å². The Morgan fingerprint density at radius 3 is 2.29 bits per heavy atom. The molecule has 0 atom stereocenters. The van der Waals surface area contributed by atoms with E-state index in [9.17, 15) is 10.0 Å². The topological polar surface area (TPSA) is 47.2 Å². The first-order valence-electron chi connectivity index (χ1n) is 5.38. The first-order chi connectivity index (χ1) is 7.45. The molecular weight excluding hydrogens is 211 g/mol. The Balaban J connectivity index is 0.00000256.